The summed E-state index contributed by atoms with van der Waals surface area (Å²) in [5.74, 6) is -0.440. The maximum Gasteiger partial charge on any atom is 0.213 e. The van der Waals surface area contributed by atoms with Gasteiger partial charge in [0.2, 0.25) is 5.88 Å². The lowest BCUT2D eigenvalue weighted by atomic mass is 9.82. The lowest BCUT2D eigenvalue weighted by Gasteiger charge is -2.31. The Kier molecular flexibility index (Phi) is 8.64. The van der Waals surface area contributed by atoms with Crippen LogP contribution in [0.1, 0.15) is 81.2 Å². The summed E-state index contributed by atoms with van der Waals surface area (Å²) in [7, 11) is 1.53. The fourth-order valence-electron chi connectivity index (χ4n) is 6.22. The molecule has 41 heavy (non-hydrogen) atoms. The van der Waals surface area contributed by atoms with Crippen LogP contribution in [0.5, 0.6) is 11.6 Å². The Morgan fingerprint density at radius 3 is 2.56 bits per heavy atom. The topological polar surface area (TPSA) is 74.7 Å². The van der Waals surface area contributed by atoms with Gasteiger partial charge in [-0.25, -0.2) is 9.37 Å². The van der Waals surface area contributed by atoms with Gasteiger partial charge in [-0.3, -0.25) is 4.90 Å². The van der Waals surface area contributed by atoms with Gasteiger partial charge in [0.25, 0.3) is 0 Å². The molecule has 1 unspecified atom stereocenters. The lowest BCUT2D eigenvalue weighted by molar-refractivity contribution is -0.311. The molecule has 2 aromatic carbocycles. The fraction of sp³-hybridized carbons (Fsp3) is 0.471. The Labute approximate surface area is 242 Å². The van der Waals surface area contributed by atoms with Crippen LogP contribution in [-0.4, -0.2) is 35.5 Å². The van der Waals surface area contributed by atoms with Gasteiger partial charge >= 0.3 is 0 Å². The summed E-state index contributed by atoms with van der Waals surface area (Å²) in [5, 5.41) is 11.8. The van der Waals surface area contributed by atoms with Crippen LogP contribution < -0.4 is 14.6 Å². The maximum absolute atomic E-state index is 15.0. The van der Waals surface area contributed by atoms with Crippen molar-refractivity contribution in [1.82, 2.24) is 9.88 Å². The highest BCUT2D eigenvalue weighted by atomic mass is 19.1. The van der Waals surface area contributed by atoms with Gasteiger partial charge in [0.15, 0.2) is 0 Å². The third-order valence-corrected chi connectivity index (χ3v) is 8.80. The minimum Gasteiger partial charge on any atom is -0.550 e. The molecule has 0 bridgehead atoms. The van der Waals surface area contributed by atoms with Crippen LogP contribution >= 0.6 is 0 Å². The number of rotatable bonds is 11. The number of carboxylic acid groups (broad SMARTS) is 1. The number of methoxy groups -OCH3 is 1. The summed E-state index contributed by atoms with van der Waals surface area (Å²) < 4.78 is 26.9. The van der Waals surface area contributed by atoms with Gasteiger partial charge in [0.1, 0.15) is 17.7 Å². The van der Waals surface area contributed by atoms with Crippen molar-refractivity contribution in [2.45, 2.75) is 78.0 Å². The third-order valence-electron chi connectivity index (χ3n) is 8.80. The van der Waals surface area contributed by atoms with Gasteiger partial charge in [-0.05, 0) is 91.8 Å². The smallest absolute Gasteiger partial charge is 0.213 e. The van der Waals surface area contributed by atoms with Crippen LogP contribution in [0.25, 0.3) is 11.1 Å². The van der Waals surface area contributed by atoms with Gasteiger partial charge in [-0.15, -0.1) is 0 Å². The Balaban J connectivity index is 1.48. The number of fused-ring (bicyclic) bond motifs is 1. The molecule has 2 heterocycles. The molecule has 7 heteroatoms. The van der Waals surface area contributed by atoms with Crippen molar-refractivity contribution in [1.29, 1.82) is 0 Å². The highest BCUT2D eigenvalue weighted by Crippen LogP contribution is 2.48. The van der Waals surface area contributed by atoms with Crippen molar-refractivity contribution in [3.8, 4) is 22.8 Å². The number of benzene rings is 2. The van der Waals surface area contributed by atoms with Crippen LogP contribution in [0.4, 0.5) is 4.39 Å². The second kappa shape index (κ2) is 12.2. The largest absolute Gasteiger partial charge is 0.550 e. The Morgan fingerprint density at radius 1 is 1.12 bits per heavy atom. The van der Waals surface area contributed by atoms with E-state index >= 15 is 4.39 Å². The Bertz CT molecular complexity index is 1400. The quantitative estimate of drug-likeness (QED) is 0.284. The van der Waals surface area contributed by atoms with Gasteiger partial charge in [0.05, 0.1) is 13.3 Å². The van der Waals surface area contributed by atoms with Crippen LogP contribution in [-0.2, 0) is 17.8 Å². The molecule has 1 aliphatic carbocycles. The average Bonchev–Trinajstić information content (AvgIpc) is 3.81. The fourth-order valence-corrected chi connectivity index (χ4v) is 6.22. The number of aliphatic carboxylic acids is 1. The SMILES string of the molecule is CCN(Cc1cc(C2CCc3ccc([C@H](C4CC4)[C@H](C)C(=O)[O-])cc3O2)ccc1-c1cc(OC)ncc1F)C(C)C. The van der Waals surface area contributed by atoms with Crippen molar-refractivity contribution in [2.75, 3.05) is 13.7 Å². The number of aromatic nitrogens is 1. The molecule has 1 aromatic heterocycles. The molecule has 6 nitrogen and oxygen atoms in total. The first kappa shape index (κ1) is 29.1. The minimum atomic E-state index is -1.00. The lowest BCUT2D eigenvalue weighted by Crippen LogP contribution is -2.34. The summed E-state index contributed by atoms with van der Waals surface area (Å²) in [6, 6.07) is 14.4. The number of carbonyl (C=O) groups excluding carboxylic acids is 1. The van der Waals surface area contributed by atoms with E-state index in [0.717, 1.165) is 65.8 Å². The summed E-state index contributed by atoms with van der Waals surface area (Å²) in [4.78, 5) is 18.1. The van der Waals surface area contributed by atoms with Crippen molar-refractivity contribution < 1.29 is 23.8 Å². The summed E-state index contributed by atoms with van der Waals surface area (Å²) >= 11 is 0. The van der Waals surface area contributed by atoms with Crippen molar-refractivity contribution >= 4 is 5.97 Å². The predicted molar refractivity (Wildman–Crippen MR) is 155 cm³/mol. The Hall–Kier alpha value is -3.45. The first-order valence-corrected chi connectivity index (χ1v) is 14.8. The number of hydrogen-bond donors (Lipinski definition) is 0. The summed E-state index contributed by atoms with van der Waals surface area (Å²) in [6.07, 6.45) is 4.84. The van der Waals surface area contributed by atoms with E-state index in [1.54, 1.807) is 13.0 Å². The Morgan fingerprint density at radius 2 is 1.90 bits per heavy atom. The van der Waals surface area contributed by atoms with E-state index in [0.29, 0.717) is 29.9 Å². The van der Waals surface area contributed by atoms with Crippen molar-refractivity contribution in [3.63, 3.8) is 0 Å². The molecule has 3 atom stereocenters. The zero-order valence-corrected chi connectivity index (χ0v) is 24.7. The maximum atomic E-state index is 15.0. The molecule has 3 aromatic rings. The normalized spacial score (nSPS) is 18.1. The first-order valence-electron chi connectivity index (χ1n) is 14.8. The first-order chi connectivity index (χ1) is 19.7. The molecule has 1 saturated carbocycles. The van der Waals surface area contributed by atoms with Crippen molar-refractivity contribution in [2.24, 2.45) is 11.8 Å². The molecule has 218 valence electrons. The molecule has 5 rings (SSSR count). The molecule has 1 aliphatic heterocycles. The molecule has 0 N–H and O–H groups in total. The number of ether oxygens (including phenoxy) is 2. The summed E-state index contributed by atoms with van der Waals surface area (Å²) in [5.41, 5.74) is 5.49. The molecule has 2 aliphatic rings. The molecule has 0 radical (unpaired) electrons. The number of pyridine rings is 1. The number of carbonyl (C=O) groups is 1. The van der Waals surface area contributed by atoms with E-state index in [4.69, 9.17) is 9.47 Å². The molecule has 0 saturated heterocycles. The number of carboxylic acids is 1. The molecule has 0 amide bonds. The highest BCUT2D eigenvalue weighted by molar-refractivity contribution is 5.70. The minimum absolute atomic E-state index is 0.0662. The monoisotopic (exact) mass is 559 g/mol. The standard InChI is InChI=1S/C34H41FN2O4/c1-6-37(20(2)3)19-26-15-24(11-13-27(26)28-17-32(40-5)36-18-29(28)35)30-14-12-22-7-10-25(16-31(22)41-30)33(23-8-9-23)21(4)34(38)39/h7,10-11,13,15-18,20-21,23,30,33H,6,8-9,12,14,19H2,1-5H3,(H,38,39)/p-1/t21-,30?,33-/m0/s1. The van der Waals surface area contributed by atoms with E-state index in [9.17, 15) is 9.90 Å². The summed E-state index contributed by atoms with van der Waals surface area (Å²) in [6.45, 7) is 9.75. The second-order valence-corrected chi connectivity index (χ2v) is 11.8. The molecule has 1 fully saturated rings. The van der Waals surface area contributed by atoms with Crippen LogP contribution in [0, 0.1) is 17.7 Å². The van der Waals surface area contributed by atoms with E-state index in [1.165, 1.54) is 13.3 Å². The second-order valence-electron chi connectivity index (χ2n) is 11.8. The van der Waals surface area contributed by atoms with Crippen LogP contribution in [0.2, 0.25) is 0 Å². The van der Waals surface area contributed by atoms with E-state index in [1.807, 2.05) is 12.1 Å². The van der Waals surface area contributed by atoms with Gasteiger partial charge in [-0.1, -0.05) is 44.2 Å². The van der Waals surface area contributed by atoms with E-state index in [2.05, 4.69) is 54.9 Å². The predicted octanol–water partition coefficient (Wildman–Crippen LogP) is 6.07. The molecular formula is C34H40FN2O4-. The van der Waals surface area contributed by atoms with E-state index < -0.39 is 17.7 Å². The number of hydrogen-bond acceptors (Lipinski definition) is 6. The number of aryl methyl sites for hydroxylation is 1. The van der Waals surface area contributed by atoms with Crippen molar-refractivity contribution in [3.05, 3.63) is 76.7 Å². The van der Waals surface area contributed by atoms with Crippen LogP contribution in [0.15, 0.2) is 48.7 Å². The molecule has 0 spiro atoms. The number of nitrogens with zero attached hydrogens (tertiary/aromatic N) is 2. The molecular weight excluding hydrogens is 519 g/mol. The average molecular weight is 560 g/mol. The van der Waals surface area contributed by atoms with Crippen LogP contribution in [0.3, 0.4) is 0 Å². The van der Waals surface area contributed by atoms with E-state index in [-0.39, 0.29) is 12.0 Å². The zero-order chi connectivity index (χ0) is 29.3. The van der Waals surface area contributed by atoms with Gasteiger partial charge in [0, 0.05) is 36.1 Å². The van der Waals surface area contributed by atoms with Gasteiger partial charge < -0.3 is 19.4 Å². The third kappa shape index (κ3) is 6.25. The zero-order valence-electron chi connectivity index (χ0n) is 24.7. The number of halogens is 1. The highest BCUT2D eigenvalue weighted by Gasteiger charge is 2.37. The van der Waals surface area contributed by atoms with Gasteiger partial charge in [-0.2, -0.15) is 0 Å².